The molecule has 0 aliphatic heterocycles. The highest BCUT2D eigenvalue weighted by molar-refractivity contribution is 6.30. The lowest BCUT2D eigenvalue weighted by molar-refractivity contribution is 0.101. The van der Waals surface area contributed by atoms with Gasteiger partial charge in [-0.05, 0) is 48.5 Å². The summed E-state index contributed by atoms with van der Waals surface area (Å²) in [6.45, 7) is 0.226. The first kappa shape index (κ1) is 17.9. The molecule has 6 nitrogen and oxygen atoms in total. The Balaban J connectivity index is 1.51. The minimum atomic E-state index is -0.500. The number of anilines is 1. The monoisotopic (exact) mass is 396 g/mol. The van der Waals surface area contributed by atoms with Gasteiger partial charge in [0.25, 0.3) is 11.8 Å². The van der Waals surface area contributed by atoms with Crippen molar-refractivity contribution >= 4 is 23.2 Å². The van der Waals surface area contributed by atoms with Gasteiger partial charge in [-0.1, -0.05) is 28.9 Å². The number of carbonyl (C=O) groups is 1. The van der Waals surface area contributed by atoms with Crippen molar-refractivity contribution in [3.05, 3.63) is 89.2 Å². The topological polar surface area (TPSA) is 73.0 Å². The van der Waals surface area contributed by atoms with Crippen molar-refractivity contribution in [3.8, 4) is 11.5 Å². The van der Waals surface area contributed by atoms with Gasteiger partial charge in [-0.25, -0.2) is 4.39 Å². The number of aromatic nitrogens is 3. The number of para-hydroxylation sites is 1. The van der Waals surface area contributed by atoms with Crippen LogP contribution in [0.5, 0.6) is 0 Å². The van der Waals surface area contributed by atoms with E-state index in [1.54, 1.807) is 59.3 Å². The van der Waals surface area contributed by atoms with Gasteiger partial charge < -0.3 is 14.4 Å². The molecule has 1 N–H and O–H groups in total. The van der Waals surface area contributed by atoms with E-state index < -0.39 is 11.7 Å². The zero-order valence-electron chi connectivity index (χ0n) is 14.5. The highest BCUT2D eigenvalue weighted by atomic mass is 35.5. The molecule has 0 spiro atoms. The van der Waals surface area contributed by atoms with E-state index in [9.17, 15) is 9.18 Å². The SMILES string of the molecule is O=C(Nc1ccccc1F)c1cccn1Cc1noc(-c2ccc(Cl)cc2)n1. The Morgan fingerprint density at radius 1 is 1.11 bits per heavy atom. The number of nitrogens with zero attached hydrogens (tertiary/aromatic N) is 3. The number of amides is 1. The van der Waals surface area contributed by atoms with Crippen molar-refractivity contribution in [1.82, 2.24) is 14.7 Å². The third-order valence-electron chi connectivity index (χ3n) is 4.06. The lowest BCUT2D eigenvalue weighted by Crippen LogP contribution is -2.18. The fourth-order valence-electron chi connectivity index (χ4n) is 2.69. The maximum absolute atomic E-state index is 13.8. The zero-order valence-corrected chi connectivity index (χ0v) is 15.2. The van der Waals surface area contributed by atoms with Crippen LogP contribution in [0.3, 0.4) is 0 Å². The van der Waals surface area contributed by atoms with Crippen LogP contribution in [0.2, 0.25) is 5.02 Å². The lowest BCUT2D eigenvalue weighted by Gasteiger charge is -2.08. The predicted molar refractivity (Wildman–Crippen MR) is 103 cm³/mol. The van der Waals surface area contributed by atoms with Gasteiger partial charge in [-0.2, -0.15) is 4.98 Å². The summed E-state index contributed by atoms with van der Waals surface area (Å²) in [6, 6.07) is 16.4. The van der Waals surface area contributed by atoms with Crippen LogP contribution in [-0.4, -0.2) is 20.6 Å². The second kappa shape index (κ2) is 7.66. The lowest BCUT2D eigenvalue weighted by atomic mass is 10.2. The molecule has 0 atom stereocenters. The molecule has 4 rings (SSSR count). The largest absolute Gasteiger partial charge is 0.336 e. The quantitative estimate of drug-likeness (QED) is 0.533. The van der Waals surface area contributed by atoms with E-state index in [2.05, 4.69) is 15.5 Å². The molecule has 0 saturated carbocycles. The van der Waals surface area contributed by atoms with Crippen LogP contribution in [0, 0.1) is 5.82 Å². The summed E-state index contributed by atoms with van der Waals surface area (Å²) in [5.41, 5.74) is 1.21. The van der Waals surface area contributed by atoms with Crippen LogP contribution >= 0.6 is 11.6 Å². The highest BCUT2D eigenvalue weighted by Gasteiger charge is 2.15. The van der Waals surface area contributed by atoms with Gasteiger partial charge in [0, 0.05) is 16.8 Å². The van der Waals surface area contributed by atoms with Gasteiger partial charge in [0.15, 0.2) is 5.82 Å². The fourth-order valence-corrected chi connectivity index (χ4v) is 2.81. The molecule has 0 fully saturated rings. The Bertz CT molecular complexity index is 1120. The fraction of sp³-hybridized carbons (Fsp3) is 0.0500. The molecule has 0 aliphatic carbocycles. The van der Waals surface area contributed by atoms with Gasteiger partial charge in [0.1, 0.15) is 11.5 Å². The normalized spacial score (nSPS) is 10.8. The molecule has 28 heavy (non-hydrogen) atoms. The smallest absolute Gasteiger partial charge is 0.272 e. The Hall–Kier alpha value is -3.45. The maximum atomic E-state index is 13.8. The van der Waals surface area contributed by atoms with Crippen LogP contribution < -0.4 is 5.32 Å². The molecule has 0 unspecified atom stereocenters. The minimum Gasteiger partial charge on any atom is -0.336 e. The zero-order chi connectivity index (χ0) is 19.5. The summed E-state index contributed by atoms with van der Waals surface area (Å²) in [5, 5.41) is 7.13. The first-order chi connectivity index (χ1) is 13.6. The van der Waals surface area contributed by atoms with Crippen molar-refractivity contribution in [2.45, 2.75) is 6.54 Å². The van der Waals surface area contributed by atoms with Gasteiger partial charge in [0.2, 0.25) is 0 Å². The van der Waals surface area contributed by atoms with Crippen LogP contribution in [-0.2, 0) is 6.54 Å². The molecular formula is C20H14ClFN4O2. The van der Waals surface area contributed by atoms with E-state index in [4.69, 9.17) is 16.1 Å². The number of rotatable bonds is 5. The average molecular weight is 397 g/mol. The van der Waals surface area contributed by atoms with Crippen LogP contribution in [0.4, 0.5) is 10.1 Å². The Morgan fingerprint density at radius 3 is 2.68 bits per heavy atom. The molecule has 8 heteroatoms. The number of nitrogens with one attached hydrogen (secondary N) is 1. The van der Waals surface area contributed by atoms with Crippen molar-refractivity contribution in [2.75, 3.05) is 5.32 Å². The molecule has 140 valence electrons. The van der Waals surface area contributed by atoms with E-state index in [1.165, 1.54) is 12.1 Å². The molecule has 2 heterocycles. The second-order valence-corrected chi connectivity index (χ2v) is 6.41. The molecule has 2 aromatic heterocycles. The first-order valence-corrected chi connectivity index (χ1v) is 8.77. The van der Waals surface area contributed by atoms with Crippen LogP contribution in [0.15, 0.2) is 71.4 Å². The standard InChI is InChI=1S/C20H14ClFN4O2/c21-14-9-7-13(8-10-14)20-24-18(25-28-20)12-26-11-3-6-17(26)19(27)23-16-5-2-1-4-15(16)22/h1-11H,12H2,(H,23,27). The van der Waals surface area contributed by atoms with E-state index in [0.29, 0.717) is 22.4 Å². The minimum absolute atomic E-state index is 0.116. The summed E-state index contributed by atoms with van der Waals surface area (Å²) in [6.07, 6.45) is 1.72. The van der Waals surface area contributed by atoms with Crippen molar-refractivity contribution in [3.63, 3.8) is 0 Å². The van der Waals surface area contributed by atoms with Crippen molar-refractivity contribution in [2.24, 2.45) is 0 Å². The number of benzene rings is 2. The van der Waals surface area contributed by atoms with E-state index in [0.717, 1.165) is 5.56 Å². The summed E-state index contributed by atoms with van der Waals surface area (Å²) in [7, 11) is 0. The first-order valence-electron chi connectivity index (χ1n) is 8.40. The van der Waals surface area contributed by atoms with Gasteiger partial charge in [-0.15, -0.1) is 0 Å². The average Bonchev–Trinajstić information content (AvgIpc) is 3.34. The van der Waals surface area contributed by atoms with Crippen molar-refractivity contribution < 1.29 is 13.7 Å². The summed E-state index contributed by atoms with van der Waals surface area (Å²) < 4.78 is 20.7. The Kier molecular flexibility index (Phi) is 4.90. The third kappa shape index (κ3) is 3.79. The second-order valence-electron chi connectivity index (χ2n) is 5.98. The molecule has 0 radical (unpaired) electrons. The summed E-state index contributed by atoms with van der Waals surface area (Å²) in [5.74, 6) is -0.173. The molecule has 4 aromatic rings. The maximum Gasteiger partial charge on any atom is 0.272 e. The molecule has 0 aliphatic rings. The molecule has 1 amide bonds. The van der Waals surface area contributed by atoms with E-state index in [-0.39, 0.29) is 12.2 Å². The van der Waals surface area contributed by atoms with Crippen LogP contribution in [0.25, 0.3) is 11.5 Å². The number of halogens is 2. The number of hydrogen-bond acceptors (Lipinski definition) is 4. The highest BCUT2D eigenvalue weighted by Crippen LogP contribution is 2.20. The van der Waals surface area contributed by atoms with Crippen LogP contribution in [0.1, 0.15) is 16.3 Å². The Morgan fingerprint density at radius 2 is 1.89 bits per heavy atom. The van der Waals surface area contributed by atoms with E-state index in [1.807, 2.05) is 0 Å². The number of hydrogen-bond donors (Lipinski definition) is 1. The van der Waals surface area contributed by atoms with Crippen molar-refractivity contribution in [1.29, 1.82) is 0 Å². The Labute approximate surface area is 164 Å². The summed E-state index contributed by atoms with van der Waals surface area (Å²) >= 11 is 5.88. The van der Waals surface area contributed by atoms with Gasteiger partial charge >= 0.3 is 0 Å². The van der Waals surface area contributed by atoms with Gasteiger partial charge in [0.05, 0.1) is 12.2 Å². The van der Waals surface area contributed by atoms with Gasteiger partial charge in [-0.3, -0.25) is 4.79 Å². The summed E-state index contributed by atoms with van der Waals surface area (Å²) in [4.78, 5) is 16.9. The number of carbonyl (C=O) groups excluding carboxylic acids is 1. The third-order valence-corrected chi connectivity index (χ3v) is 4.31. The predicted octanol–water partition coefficient (Wildman–Crippen LogP) is 4.63. The molecule has 2 aromatic carbocycles. The molecular weight excluding hydrogens is 383 g/mol. The molecule has 0 bridgehead atoms. The van der Waals surface area contributed by atoms with E-state index >= 15 is 0 Å². The molecule has 0 saturated heterocycles.